The zero-order valence-corrected chi connectivity index (χ0v) is 17.7. The minimum absolute atomic E-state index is 0.228. The largest absolute Gasteiger partial charge is 0.508 e. The Bertz CT molecular complexity index is 608. The number of rotatable bonds is 8. The molecule has 1 N–H and O–H groups in total. The normalized spacial score (nSPS) is 19.9. The Labute approximate surface area is 165 Å². The Hall–Kier alpha value is -1.06. The molecule has 2 fully saturated rings. The number of benzene rings is 1. The van der Waals surface area contributed by atoms with E-state index >= 15 is 0 Å². The number of hydrogen-bond acceptors (Lipinski definition) is 3. The molecule has 0 aliphatic heterocycles. The van der Waals surface area contributed by atoms with Crippen molar-refractivity contribution in [1.29, 1.82) is 0 Å². The first-order chi connectivity index (χ1) is 12.7. The molecule has 152 valence electrons. The highest BCUT2D eigenvalue weighted by Gasteiger charge is 2.31. The number of phenols is 1. The van der Waals surface area contributed by atoms with Gasteiger partial charge in [0.1, 0.15) is 5.75 Å². The van der Waals surface area contributed by atoms with E-state index in [-0.39, 0.29) is 11.2 Å². The van der Waals surface area contributed by atoms with Crippen molar-refractivity contribution in [3.8, 4) is 5.75 Å². The van der Waals surface area contributed by atoms with Crippen molar-refractivity contribution in [3.63, 3.8) is 0 Å². The lowest BCUT2D eigenvalue weighted by Crippen LogP contribution is -2.34. The van der Waals surface area contributed by atoms with Crippen LogP contribution in [0, 0.1) is 0 Å². The molecular weight excluding hydrogens is 336 g/mol. The average Bonchev–Trinajstić information content (AvgIpc) is 3.23. The van der Waals surface area contributed by atoms with E-state index in [9.17, 15) is 5.11 Å². The van der Waals surface area contributed by atoms with Gasteiger partial charge in [-0.3, -0.25) is 0 Å². The molecular formula is C24H38O3. The lowest BCUT2D eigenvalue weighted by molar-refractivity contribution is -0.0710. The molecule has 0 amide bonds. The van der Waals surface area contributed by atoms with Crippen molar-refractivity contribution in [3.05, 3.63) is 29.3 Å². The highest BCUT2D eigenvalue weighted by Crippen LogP contribution is 2.34. The molecule has 0 unspecified atom stereocenters. The van der Waals surface area contributed by atoms with E-state index in [1.165, 1.54) is 56.9 Å². The summed E-state index contributed by atoms with van der Waals surface area (Å²) in [5, 5.41) is 10.6. The fourth-order valence-corrected chi connectivity index (χ4v) is 4.87. The summed E-state index contributed by atoms with van der Waals surface area (Å²) in [6.45, 7) is 8.67. The van der Waals surface area contributed by atoms with Crippen LogP contribution in [-0.4, -0.2) is 28.5 Å². The molecule has 0 atom stereocenters. The van der Waals surface area contributed by atoms with Crippen LogP contribution < -0.4 is 0 Å². The minimum Gasteiger partial charge on any atom is -0.508 e. The van der Waals surface area contributed by atoms with Gasteiger partial charge in [-0.1, -0.05) is 37.8 Å². The maximum absolute atomic E-state index is 10.6. The van der Waals surface area contributed by atoms with Crippen LogP contribution in [0.4, 0.5) is 0 Å². The SMILES string of the molecule is CC(C)(Cc1cccc(O)c1CC(C)(C)OC1CCCC1)OC1CCCC1. The molecule has 3 nitrogen and oxygen atoms in total. The van der Waals surface area contributed by atoms with Crippen LogP contribution in [0.15, 0.2) is 18.2 Å². The number of phenolic OH excluding ortho intramolecular Hbond substituents is 1. The summed E-state index contributed by atoms with van der Waals surface area (Å²) in [5.41, 5.74) is 1.69. The Morgan fingerprint density at radius 3 is 1.81 bits per heavy atom. The second kappa shape index (κ2) is 8.53. The van der Waals surface area contributed by atoms with Crippen molar-refractivity contribution in [2.75, 3.05) is 0 Å². The molecule has 0 saturated heterocycles. The number of aromatic hydroxyl groups is 1. The molecule has 1 aromatic carbocycles. The summed E-state index contributed by atoms with van der Waals surface area (Å²) >= 11 is 0. The van der Waals surface area contributed by atoms with Crippen molar-refractivity contribution in [2.45, 2.75) is 115 Å². The minimum atomic E-state index is -0.279. The zero-order chi connectivity index (χ0) is 19.5. The predicted octanol–water partition coefficient (Wildman–Crippen LogP) is 5.95. The molecule has 0 radical (unpaired) electrons. The third-order valence-electron chi connectivity index (χ3n) is 6.04. The van der Waals surface area contributed by atoms with Gasteiger partial charge in [-0.2, -0.15) is 0 Å². The van der Waals surface area contributed by atoms with Gasteiger partial charge < -0.3 is 14.6 Å². The summed E-state index contributed by atoms with van der Waals surface area (Å²) in [7, 11) is 0. The molecule has 0 bridgehead atoms. The molecule has 2 aliphatic rings. The Kier molecular flexibility index (Phi) is 6.53. The highest BCUT2D eigenvalue weighted by atomic mass is 16.5. The van der Waals surface area contributed by atoms with Gasteiger partial charge in [-0.15, -0.1) is 0 Å². The molecule has 27 heavy (non-hydrogen) atoms. The van der Waals surface area contributed by atoms with Crippen molar-refractivity contribution < 1.29 is 14.6 Å². The first kappa shape index (κ1) is 20.7. The third kappa shape index (κ3) is 5.96. The molecule has 2 saturated carbocycles. The van der Waals surface area contributed by atoms with Gasteiger partial charge in [-0.05, 0) is 70.6 Å². The number of ether oxygens (including phenoxy) is 2. The first-order valence-electron chi connectivity index (χ1n) is 10.9. The zero-order valence-electron chi connectivity index (χ0n) is 17.7. The topological polar surface area (TPSA) is 38.7 Å². The monoisotopic (exact) mass is 374 g/mol. The van der Waals surface area contributed by atoms with Gasteiger partial charge in [-0.25, -0.2) is 0 Å². The summed E-state index contributed by atoms with van der Waals surface area (Å²) in [6, 6.07) is 5.89. The van der Waals surface area contributed by atoms with Crippen LogP contribution in [0.1, 0.15) is 90.2 Å². The van der Waals surface area contributed by atoms with Gasteiger partial charge in [0.05, 0.1) is 23.4 Å². The second-order valence-corrected chi connectivity index (χ2v) is 9.84. The van der Waals surface area contributed by atoms with Gasteiger partial charge >= 0.3 is 0 Å². The molecule has 0 spiro atoms. The van der Waals surface area contributed by atoms with E-state index in [0.29, 0.717) is 18.0 Å². The lowest BCUT2D eigenvalue weighted by Gasteiger charge is -2.33. The van der Waals surface area contributed by atoms with E-state index in [1.54, 1.807) is 6.07 Å². The average molecular weight is 375 g/mol. The van der Waals surface area contributed by atoms with Crippen molar-refractivity contribution in [1.82, 2.24) is 0 Å². The van der Waals surface area contributed by atoms with E-state index < -0.39 is 0 Å². The van der Waals surface area contributed by atoms with Gasteiger partial charge in [0.15, 0.2) is 0 Å². The smallest absolute Gasteiger partial charge is 0.119 e. The van der Waals surface area contributed by atoms with Gasteiger partial charge in [0.2, 0.25) is 0 Å². The highest BCUT2D eigenvalue weighted by molar-refractivity contribution is 5.41. The molecule has 0 heterocycles. The Balaban J connectivity index is 1.71. The van der Waals surface area contributed by atoms with E-state index in [1.807, 2.05) is 6.07 Å². The molecule has 1 aromatic rings. The van der Waals surface area contributed by atoms with Crippen LogP contribution in [-0.2, 0) is 22.3 Å². The summed E-state index contributed by atoms with van der Waals surface area (Å²) in [6.07, 6.45) is 12.1. The van der Waals surface area contributed by atoms with E-state index in [0.717, 1.165) is 18.4 Å². The fourth-order valence-electron chi connectivity index (χ4n) is 4.87. The summed E-state index contributed by atoms with van der Waals surface area (Å²) in [5.74, 6) is 0.382. The van der Waals surface area contributed by atoms with Crippen LogP contribution >= 0.6 is 0 Å². The molecule has 0 aromatic heterocycles. The third-order valence-corrected chi connectivity index (χ3v) is 6.04. The summed E-state index contributed by atoms with van der Waals surface area (Å²) in [4.78, 5) is 0. The quantitative estimate of drug-likeness (QED) is 0.611. The van der Waals surface area contributed by atoms with Crippen molar-refractivity contribution in [2.24, 2.45) is 0 Å². The van der Waals surface area contributed by atoms with E-state index in [4.69, 9.17) is 9.47 Å². The fraction of sp³-hybridized carbons (Fsp3) is 0.750. The maximum Gasteiger partial charge on any atom is 0.119 e. The van der Waals surface area contributed by atoms with E-state index in [2.05, 4.69) is 33.8 Å². The van der Waals surface area contributed by atoms with Crippen molar-refractivity contribution >= 4 is 0 Å². The second-order valence-electron chi connectivity index (χ2n) is 9.84. The molecule has 3 heteroatoms. The molecule has 2 aliphatic carbocycles. The lowest BCUT2D eigenvalue weighted by atomic mass is 9.88. The summed E-state index contributed by atoms with van der Waals surface area (Å²) < 4.78 is 12.8. The maximum atomic E-state index is 10.6. The molecule has 3 rings (SSSR count). The van der Waals surface area contributed by atoms with Gasteiger partial charge in [0, 0.05) is 12.8 Å². The van der Waals surface area contributed by atoms with Crippen LogP contribution in [0.5, 0.6) is 5.75 Å². The van der Waals surface area contributed by atoms with Crippen LogP contribution in [0.2, 0.25) is 0 Å². The van der Waals surface area contributed by atoms with Crippen LogP contribution in [0.3, 0.4) is 0 Å². The predicted molar refractivity (Wildman–Crippen MR) is 110 cm³/mol. The Morgan fingerprint density at radius 2 is 1.30 bits per heavy atom. The standard InChI is InChI=1S/C24H38O3/c1-23(2,26-19-11-5-6-12-19)16-18-10-9-15-22(25)21(18)17-24(3,4)27-20-13-7-8-14-20/h9-10,15,19-20,25H,5-8,11-14,16-17H2,1-4H3. The van der Waals surface area contributed by atoms with Crippen LogP contribution in [0.25, 0.3) is 0 Å². The van der Waals surface area contributed by atoms with Gasteiger partial charge in [0.25, 0.3) is 0 Å². The first-order valence-corrected chi connectivity index (χ1v) is 10.9. The number of hydrogen-bond donors (Lipinski definition) is 1. The Morgan fingerprint density at radius 1 is 0.815 bits per heavy atom.